The van der Waals surface area contributed by atoms with Gasteiger partial charge in [0, 0.05) is 0 Å². The van der Waals surface area contributed by atoms with Gasteiger partial charge in [-0.25, -0.2) is 0 Å². The molecule has 3 N–H and O–H groups in total. The summed E-state index contributed by atoms with van der Waals surface area (Å²) in [5.74, 6) is 0.407. The van der Waals surface area contributed by atoms with E-state index in [1.165, 1.54) is 0 Å². The van der Waals surface area contributed by atoms with Crippen LogP contribution in [0.1, 0.15) is 25.6 Å². The Kier molecular flexibility index (Phi) is 4.29. The molecule has 64 valence electrons. The van der Waals surface area contributed by atoms with Crippen molar-refractivity contribution >= 4 is 17.0 Å². The van der Waals surface area contributed by atoms with E-state index in [1.54, 1.807) is 6.20 Å². The molecular weight excluding hydrogens is 208 g/mol. The molecule has 0 aliphatic rings. The van der Waals surface area contributed by atoms with Crippen LogP contribution in [0.25, 0.3) is 0 Å². The van der Waals surface area contributed by atoms with E-state index >= 15 is 0 Å². The Hall–Kier alpha value is -0.420. The standard InChI is InChI=1S/C6H12N4.BrH/c1-4(2)6(7)5-3-8-10-9-5;/h3-4,6H,7H2,1-2H3,(H,8,9,10);1H/t6-;/m0./s1. The summed E-state index contributed by atoms with van der Waals surface area (Å²) >= 11 is 0. The Labute approximate surface area is 76.3 Å². The first-order valence-corrected chi connectivity index (χ1v) is 3.33. The molecule has 5 heteroatoms. The molecule has 11 heavy (non-hydrogen) atoms. The molecule has 0 saturated heterocycles. The minimum Gasteiger partial charge on any atom is -0.322 e. The summed E-state index contributed by atoms with van der Waals surface area (Å²) in [6.45, 7) is 4.11. The van der Waals surface area contributed by atoms with Crippen molar-refractivity contribution < 1.29 is 0 Å². The van der Waals surface area contributed by atoms with Gasteiger partial charge in [-0.1, -0.05) is 13.8 Å². The second-order valence-corrected chi connectivity index (χ2v) is 2.66. The molecule has 0 bridgehead atoms. The summed E-state index contributed by atoms with van der Waals surface area (Å²) in [6.07, 6.45) is 1.66. The zero-order valence-electron chi connectivity index (χ0n) is 6.61. The Bertz CT molecular complexity index is 184. The van der Waals surface area contributed by atoms with Crippen LogP contribution in [0.5, 0.6) is 0 Å². The van der Waals surface area contributed by atoms with E-state index in [2.05, 4.69) is 29.3 Å². The zero-order valence-corrected chi connectivity index (χ0v) is 8.33. The number of nitrogens with two attached hydrogens (primary N) is 1. The molecule has 1 heterocycles. The van der Waals surface area contributed by atoms with Crippen LogP contribution in [-0.4, -0.2) is 15.4 Å². The van der Waals surface area contributed by atoms with E-state index in [0.29, 0.717) is 5.92 Å². The number of H-pyrrole nitrogens is 1. The van der Waals surface area contributed by atoms with Gasteiger partial charge in [0.2, 0.25) is 0 Å². The van der Waals surface area contributed by atoms with Gasteiger partial charge < -0.3 is 5.73 Å². The van der Waals surface area contributed by atoms with Crippen LogP contribution in [0.3, 0.4) is 0 Å². The topological polar surface area (TPSA) is 67.6 Å². The first-order chi connectivity index (χ1) is 4.72. The van der Waals surface area contributed by atoms with Crippen LogP contribution in [-0.2, 0) is 0 Å². The summed E-state index contributed by atoms with van der Waals surface area (Å²) in [5, 5.41) is 10.1. The Morgan fingerprint density at radius 1 is 1.55 bits per heavy atom. The van der Waals surface area contributed by atoms with E-state index in [0.717, 1.165) is 5.69 Å². The Morgan fingerprint density at radius 3 is 2.55 bits per heavy atom. The molecule has 0 saturated carbocycles. The van der Waals surface area contributed by atoms with Crippen molar-refractivity contribution in [1.82, 2.24) is 15.4 Å². The van der Waals surface area contributed by atoms with Gasteiger partial charge in [0.15, 0.2) is 0 Å². The van der Waals surface area contributed by atoms with Crippen molar-refractivity contribution in [2.45, 2.75) is 19.9 Å². The van der Waals surface area contributed by atoms with Gasteiger partial charge in [-0.3, -0.25) is 0 Å². The monoisotopic (exact) mass is 220 g/mol. The summed E-state index contributed by atoms with van der Waals surface area (Å²) in [7, 11) is 0. The number of halogens is 1. The van der Waals surface area contributed by atoms with Crippen LogP contribution < -0.4 is 5.73 Å². The number of rotatable bonds is 2. The van der Waals surface area contributed by atoms with Crippen molar-refractivity contribution in [1.29, 1.82) is 0 Å². The van der Waals surface area contributed by atoms with Crippen molar-refractivity contribution in [2.24, 2.45) is 11.7 Å². The number of nitrogens with zero attached hydrogens (tertiary/aromatic N) is 2. The second-order valence-electron chi connectivity index (χ2n) is 2.66. The van der Waals surface area contributed by atoms with Crippen LogP contribution in [0.2, 0.25) is 0 Å². The predicted octanol–water partition coefficient (Wildman–Crippen LogP) is 1.04. The highest BCUT2D eigenvalue weighted by Crippen LogP contribution is 2.13. The highest BCUT2D eigenvalue weighted by atomic mass is 79.9. The van der Waals surface area contributed by atoms with Crippen molar-refractivity contribution in [3.05, 3.63) is 11.9 Å². The summed E-state index contributed by atoms with van der Waals surface area (Å²) in [4.78, 5) is 0. The fourth-order valence-corrected chi connectivity index (χ4v) is 0.713. The molecule has 0 radical (unpaired) electrons. The molecule has 0 spiro atoms. The normalized spacial score (nSPS) is 12.7. The summed E-state index contributed by atoms with van der Waals surface area (Å²) < 4.78 is 0. The third kappa shape index (κ3) is 2.59. The maximum atomic E-state index is 5.76. The fraction of sp³-hybridized carbons (Fsp3) is 0.667. The van der Waals surface area contributed by atoms with Crippen LogP contribution >= 0.6 is 17.0 Å². The van der Waals surface area contributed by atoms with E-state index < -0.39 is 0 Å². The largest absolute Gasteiger partial charge is 0.322 e. The molecule has 1 rings (SSSR count). The predicted molar refractivity (Wildman–Crippen MR) is 48.5 cm³/mol. The van der Waals surface area contributed by atoms with Gasteiger partial charge in [0.05, 0.1) is 17.9 Å². The lowest BCUT2D eigenvalue weighted by molar-refractivity contribution is 0.502. The highest BCUT2D eigenvalue weighted by Gasteiger charge is 2.11. The summed E-state index contributed by atoms with van der Waals surface area (Å²) in [6, 6.07) is -0.00116. The smallest absolute Gasteiger partial charge is 0.0994 e. The quantitative estimate of drug-likeness (QED) is 0.783. The lowest BCUT2D eigenvalue weighted by Gasteiger charge is -2.10. The van der Waals surface area contributed by atoms with Crippen molar-refractivity contribution in [3.63, 3.8) is 0 Å². The first-order valence-electron chi connectivity index (χ1n) is 3.33. The lowest BCUT2D eigenvalue weighted by Crippen LogP contribution is -2.16. The van der Waals surface area contributed by atoms with Crippen LogP contribution in [0.4, 0.5) is 0 Å². The van der Waals surface area contributed by atoms with Crippen molar-refractivity contribution in [2.75, 3.05) is 0 Å². The molecule has 0 fully saturated rings. The molecular formula is C6H13BrN4. The molecule has 1 aromatic rings. The van der Waals surface area contributed by atoms with E-state index in [9.17, 15) is 0 Å². The Morgan fingerprint density at radius 2 is 2.18 bits per heavy atom. The fourth-order valence-electron chi connectivity index (χ4n) is 0.713. The molecule has 4 nitrogen and oxygen atoms in total. The first kappa shape index (κ1) is 10.6. The molecule has 0 aliphatic heterocycles. The van der Waals surface area contributed by atoms with E-state index in [-0.39, 0.29) is 23.0 Å². The second kappa shape index (κ2) is 4.46. The minimum atomic E-state index is -0.00116. The van der Waals surface area contributed by atoms with E-state index in [1.807, 2.05) is 0 Å². The zero-order chi connectivity index (χ0) is 7.56. The molecule has 1 aromatic heterocycles. The lowest BCUT2D eigenvalue weighted by atomic mass is 10.0. The minimum absolute atomic E-state index is 0. The average Bonchev–Trinajstić information content (AvgIpc) is 2.36. The maximum absolute atomic E-state index is 5.76. The van der Waals surface area contributed by atoms with Crippen molar-refractivity contribution in [3.8, 4) is 0 Å². The molecule has 0 aliphatic carbocycles. The van der Waals surface area contributed by atoms with E-state index in [4.69, 9.17) is 5.73 Å². The van der Waals surface area contributed by atoms with Gasteiger partial charge in [-0.2, -0.15) is 15.4 Å². The molecule has 0 unspecified atom stereocenters. The number of hydrogen-bond donors (Lipinski definition) is 2. The number of aromatic nitrogens is 3. The number of nitrogens with one attached hydrogen (secondary N) is 1. The van der Waals surface area contributed by atoms with Gasteiger partial charge in [0.25, 0.3) is 0 Å². The number of aromatic amines is 1. The molecule has 0 aromatic carbocycles. The number of hydrogen-bond acceptors (Lipinski definition) is 3. The third-order valence-corrected chi connectivity index (χ3v) is 1.49. The van der Waals surface area contributed by atoms with Crippen LogP contribution in [0, 0.1) is 5.92 Å². The van der Waals surface area contributed by atoms with Gasteiger partial charge in [-0.15, -0.1) is 17.0 Å². The maximum Gasteiger partial charge on any atom is 0.0994 e. The van der Waals surface area contributed by atoms with Gasteiger partial charge in [0.1, 0.15) is 0 Å². The van der Waals surface area contributed by atoms with Gasteiger partial charge >= 0.3 is 0 Å². The average molecular weight is 221 g/mol. The summed E-state index contributed by atoms with van der Waals surface area (Å²) in [5.41, 5.74) is 6.59. The SMILES string of the molecule is Br.CC(C)[C@H](N)c1cn[nH]n1. The Balaban J connectivity index is 0.000001000. The molecule has 1 atom stereocenters. The highest BCUT2D eigenvalue weighted by molar-refractivity contribution is 8.93. The third-order valence-electron chi connectivity index (χ3n) is 1.49. The van der Waals surface area contributed by atoms with Crippen LogP contribution in [0.15, 0.2) is 6.20 Å². The van der Waals surface area contributed by atoms with Gasteiger partial charge in [-0.05, 0) is 5.92 Å². The molecule has 0 amide bonds.